The van der Waals surface area contributed by atoms with Crippen LogP contribution in [0.25, 0.3) is 0 Å². The number of imide groups is 1. The van der Waals surface area contributed by atoms with Gasteiger partial charge in [0.05, 0.1) is 5.70 Å². The van der Waals surface area contributed by atoms with Gasteiger partial charge in [-0.1, -0.05) is 29.6 Å². The number of nitrogens with one attached hydrogen (secondary N) is 2. The van der Waals surface area contributed by atoms with Crippen LogP contribution in [0.5, 0.6) is 0 Å². The normalized spacial score (nSPS) is 22.8. The molecule has 1 saturated carbocycles. The van der Waals surface area contributed by atoms with Crippen LogP contribution in [0.4, 0.5) is 10.5 Å². The first-order chi connectivity index (χ1) is 12.0. The molecule has 25 heavy (non-hydrogen) atoms. The fraction of sp³-hybridized carbons (Fsp3) is 0.312. The molecule has 4 rings (SSSR count). The molecule has 2 N–H and O–H groups in total. The Morgan fingerprint density at radius 1 is 1.36 bits per heavy atom. The number of hydrogen-bond acceptors (Lipinski definition) is 5. The van der Waals surface area contributed by atoms with Gasteiger partial charge in [0.15, 0.2) is 0 Å². The Bertz CT molecular complexity index is 795. The predicted molar refractivity (Wildman–Crippen MR) is 94.6 cm³/mol. The third kappa shape index (κ3) is 3.12. The Hall–Kier alpha value is -2.03. The molecule has 1 unspecified atom stereocenters. The third-order valence-corrected chi connectivity index (χ3v) is 5.18. The van der Waals surface area contributed by atoms with Crippen LogP contribution in [0.3, 0.4) is 0 Å². The number of amides is 4. The number of anilines is 1. The van der Waals surface area contributed by atoms with E-state index >= 15 is 0 Å². The van der Waals surface area contributed by atoms with Gasteiger partial charge in [0.1, 0.15) is 12.6 Å². The van der Waals surface area contributed by atoms with E-state index in [2.05, 4.69) is 10.0 Å². The lowest BCUT2D eigenvalue weighted by Gasteiger charge is -2.38. The van der Waals surface area contributed by atoms with Crippen molar-refractivity contribution in [3.8, 4) is 0 Å². The lowest BCUT2D eigenvalue weighted by atomic mass is 10.1. The van der Waals surface area contributed by atoms with Crippen LogP contribution in [0.15, 0.2) is 35.4 Å². The minimum atomic E-state index is -0.581. The van der Waals surface area contributed by atoms with E-state index in [1.807, 2.05) is 0 Å². The molecule has 4 amide bonds. The molecule has 0 bridgehead atoms. The smallest absolute Gasteiger partial charge is 0.324 e. The molecule has 0 radical (unpaired) electrons. The van der Waals surface area contributed by atoms with Crippen molar-refractivity contribution in [2.75, 3.05) is 11.9 Å². The summed E-state index contributed by atoms with van der Waals surface area (Å²) in [6.45, 7) is -0.160. The van der Waals surface area contributed by atoms with Gasteiger partial charge >= 0.3 is 6.03 Å². The summed E-state index contributed by atoms with van der Waals surface area (Å²) in [4.78, 5) is 40.3. The predicted octanol–water partition coefficient (Wildman–Crippen LogP) is 2.17. The molecule has 1 aliphatic carbocycles. The van der Waals surface area contributed by atoms with Crippen molar-refractivity contribution >= 4 is 47.1 Å². The molecule has 2 fully saturated rings. The number of hydrogen-bond donors (Lipinski definition) is 2. The molecule has 1 atom stereocenters. The van der Waals surface area contributed by atoms with Crippen molar-refractivity contribution < 1.29 is 14.4 Å². The first-order valence-electron chi connectivity index (χ1n) is 7.86. The SMILES string of the molecule is O=C(CN1C(=O)N(C2CC2)C(=O)C2NSC=C21)Nc1cccc(Cl)c1. The highest BCUT2D eigenvalue weighted by atomic mass is 35.5. The zero-order valence-corrected chi connectivity index (χ0v) is 14.6. The fourth-order valence-corrected chi connectivity index (χ4v) is 3.90. The summed E-state index contributed by atoms with van der Waals surface area (Å²) in [5, 5.41) is 4.94. The molecule has 0 aromatic heterocycles. The number of carbonyl (C=O) groups is 3. The maximum absolute atomic E-state index is 12.8. The summed E-state index contributed by atoms with van der Waals surface area (Å²) in [6, 6.07) is 5.73. The van der Waals surface area contributed by atoms with Gasteiger partial charge in [0.2, 0.25) is 5.91 Å². The van der Waals surface area contributed by atoms with Crippen molar-refractivity contribution in [2.24, 2.45) is 0 Å². The van der Waals surface area contributed by atoms with E-state index in [1.54, 1.807) is 29.7 Å². The van der Waals surface area contributed by atoms with E-state index in [-0.39, 0.29) is 24.4 Å². The Morgan fingerprint density at radius 2 is 2.16 bits per heavy atom. The average Bonchev–Trinajstić information content (AvgIpc) is 3.26. The molecule has 1 aromatic carbocycles. The van der Waals surface area contributed by atoms with Gasteiger partial charge in [-0.2, -0.15) is 0 Å². The first-order valence-corrected chi connectivity index (χ1v) is 9.11. The number of benzene rings is 1. The molecule has 1 aromatic rings. The van der Waals surface area contributed by atoms with Crippen LogP contribution in [0, 0.1) is 0 Å². The lowest BCUT2D eigenvalue weighted by molar-refractivity contribution is -0.132. The van der Waals surface area contributed by atoms with E-state index in [1.165, 1.54) is 21.7 Å². The molecule has 7 nitrogen and oxygen atoms in total. The van der Waals surface area contributed by atoms with Crippen LogP contribution in [0.1, 0.15) is 12.8 Å². The molecule has 2 heterocycles. The Kier molecular flexibility index (Phi) is 4.18. The molecule has 130 valence electrons. The molecular weight excluding hydrogens is 364 g/mol. The molecule has 0 spiro atoms. The average molecular weight is 379 g/mol. The number of urea groups is 1. The standard InChI is InChI=1S/C16H15ClN4O3S/c17-9-2-1-3-10(6-9)18-13(22)7-20-12-8-25-19-14(12)15(23)21(16(20)24)11-4-5-11/h1-3,6,8,11,14,19H,4-5,7H2,(H,18,22). The highest BCUT2D eigenvalue weighted by Gasteiger charge is 2.50. The van der Waals surface area contributed by atoms with E-state index in [9.17, 15) is 14.4 Å². The summed E-state index contributed by atoms with van der Waals surface area (Å²) in [5.74, 6) is -0.590. The van der Waals surface area contributed by atoms with Gasteiger partial charge in [-0.25, -0.2) is 9.52 Å². The third-order valence-electron chi connectivity index (χ3n) is 4.22. The zero-order valence-electron chi connectivity index (χ0n) is 13.1. The van der Waals surface area contributed by atoms with Gasteiger partial charge in [-0.15, -0.1) is 0 Å². The quantitative estimate of drug-likeness (QED) is 0.785. The summed E-state index contributed by atoms with van der Waals surface area (Å²) >= 11 is 7.17. The largest absolute Gasteiger partial charge is 0.331 e. The van der Waals surface area contributed by atoms with Crippen LogP contribution < -0.4 is 10.0 Å². The van der Waals surface area contributed by atoms with Gasteiger partial charge < -0.3 is 5.32 Å². The molecule has 3 aliphatic rings. The molecule has 1 saturated heterocycles. The zero-order chi connectivity index (χ0) is 17.6. The minimum absolute atomic E-state index is 0.0487. The monoisotopic (exact) mass is 378 g/mol. The molecule has 9 heteroatoms. The van der Waals surface area contributed by atoms with Crippen LogP contribution in [-0.4, -0.2) is 46.3 Å². The van der Waals surface area contributed by atoms with Gasteiger partial charge in [-0.05, 0) is 31.0 Å². The van der Waals surface area contributed by atoms with Crippen LogP contribution >= 0.6 is 23.5 Å². The highest BCUT2D eigenvalue weighted by Crippen LogP contribution is 2.36. The van der Waals surface area contributed by atoms with Crippen LogP contribution in [0.2, 0.25) is 5.02 Å². The second-order valence-electron chi connectivity index (χ2n) is 6.08. The number of carbonyl (C=O) groups excluding carboxylic acids is 3. The maximum Gasteiger partial charge on any atom is 0.331 e. The van der Waals surface area contributed by atoms with Gasteiger partial charge in [0.25, 0.3) is 5.91 Å². The topological polar surface area (TPSA) is 81.8 Å². The molecule has 2 aliphatic heterocycles. The van der Waals surface area contributed by atoms with Crippen molar-refractivity contribution in [3.63, 3.8) is 0 Å². The second-order valence-corrected chi connectivity index (χ2v) is 7.22. The van der Waals surface area contributed by atoms with Crippen molar-refractivity contribution in [2.45, 2.75) is 24.9 Å². The first kappa shape index (κ1) is 16.4. The second kappa shape index (κ2) is 6.36. The highest BCUT2D eigenvalue weighted by molar-refractivity contribution is 8.00. The Morgan fingerprint density at radius 3 is 2.88 bits per heavy atom. The maximum atomic E-state index is 12.8. The van der Waals surface area contributed by atoms with E-state index in [0.717, 1.165) is 12.8 Å². The van der Waals surface area contributed by atoms with Gasteiger partial charge in [0, 0.05) is 22.2 Å². The van der Waals surface area contributed by atoms with Crippen molar-refractivity contribution in [1.82, 2.24) is 14.5 Å². The number of fused-ring (bicyclic) bond motifs is 1. The number of nitrogens with zero attached hydrogens (tertiary/aromatic N) is 2. The van der Waals surface area contributed by atoms with E-state index in [0.29, 0.717) is 16.4 Å². The summed E-state index contributed by atoms with van der Waals surface area (Å²) in [5.41, 5.74) is 1.08. The summed E-state index contributed by atoms with van der Waals surface area (Å²) in [6.07, 6.45) is 1.64. The summed E-state index contributed by atoms with van der Waals surface area (Å²) in [7, 11) is 0. The molecular formula is C16H15ClN4O3S. The fourth-order valence-electron chi connectivity index (χ4n) is 2.90. The minimum Gasteiger partial charge on any atom is -0.324 e. The summed E-state index contributed by atoms with van der Waals surface area (Å²) < 4.78 is 2.99. The van der Waals surface area contributed by atoms with Crippen LogP contribution in [-0.2, 0) is 9.59 Å². The van der Waals surface area contributed by atoms with E-state index in [4.69, 9.17) is 11.6 Å². The lowest BCUT2D eigenvalue weighted by Crippen LogP contribution is -2.60. The number of rotatable bonds is 4. The van der Waals surface area contributed by atoms with E-state index < -0.39 is 12.1 Å². The van der Waals surface area contributed by atoms with Crippen molar-refractivity contribution in [3.05, 3.63) is 40.4 Å². The number of halogens is 1. The van der Waals surface area contributed by atoms with Gasteiger partial charge in [-0.3, -0.25) is 19.4 Å². The Labute approximate surface area is 153 Å². The van der Waals surface area contributed by atoms with Crippen molar-refractivity contribution in [1.29, 1.82) is 0 Å². The Balaban J connectivity index is 1.52.